The predicted molar refractivity (Wildman–Crippen MR) is 90.3 cm³/mol. The van der Waals surface area contributed by atoms with Gasteiger partial charge in [0, 0.05) is 24.5 Å². The number of carbonyl (C=O) groups is 2. The quantitative estimate of drug-likeness (QED) is 0.883. The number of alkyl carbamates (subject to hydrolysis) is 1. The summed E-state index contributed by atoms with van der Waals surface area (Å²) in [6.07, 6.45) is 3.25. The highest BCUT2D eigenvalue weighted by Crippen LogP contribution is 2.13. The van der Waals surface area contributed by atoms with Crippen LogP contribution in [0.1, 0.15) is 26.3 Å². The second-order valence-corrected chi connectivity index (χ2v) is 6.50. The summed E-state index contributed by atoms with van der Waals surface area (Å²) in [6, 6.07) is 10.3. The molecule has 1 amide bonds. The molecule has 6 nitrogen and oxygen atoms in total. The van der Waals surface area contributed by atoms with E-state index in [9.17, 15) is 14.7 Å². The molecule has 0 aliphatic heterocycles. The summed E-state index contributed by atoms with van der Waals surface area (Å²) in [4.78, 5) is 23.3. The molecule has 6 heteroatoms. The Bertz CT molecular complexity index is 702. The number of rotatable bonds is 5. The summed E-state index contributed by atoms with van der Waals surface area (Å²) in [5.74, 6) is -1.10. The molecule has 0 saturated heterocycles. The summed E-state index contributed by atoms with van der Waals surface area (Å²) in [5, 5.41) is 11.8. The number of nitrogens with one attached hydrogen (secondary N) is 1. The number of benzene rings is 1. The van der Waals surface area contributed by atoms with Crippen molar-refractivity contribution in [2.45, 2.75) is 38.8 Å². The first-order valence-electron chi connectivity index (χ1n) is 7.69. The van der Waals surface area contributed by atoms with E-state index in [-0.39, 0.29) is 6.42 Å². The topological polar surface area (TPSA) is 80.6 Å². The lowest BCUT2D eigenvalue weighted by Crippen LogP contribution is -2.44. The van der Waals surface area contributed by atoms with Crippen LogP contribution in [0.4, 0.5) is 4.79 Å². The summed E-state index contributed by atoms with van der Waals surface area (Å²) < 4.78 is 7.05. The zero-order valence-electron chi connectivity index (χ0n) is 14.0. The average molecular weight is 330 g/mol. The summed E-state index contributed by atoms with van der Waals surface area (Å²) in [6.45, 7) is 5.18. The van der Waals surface area contributed by atoms with Crippen LogP contribution in [0, 0.1) is 0 Å². The number of ether oxygens (including phenoxy) is 1. The monoisotopic (exact) mass is 330 g/mol. The molecule has 0 spiro atoms. The molecule has 1 unspecified atom stereocenters. The van der Waals surface area contributed by atoms with Crippen molar-refractivity contribution in [3.05, 3.63) is 54.4 Å². The summed E-state index contributed by atoms with van der Waals surface area (Å²) in [7, 11) is 0. The number of nitrogens with zero attached hydrogens (tertiary/aromatic N) is 1. The maximum atomic E-state index is 11.8. The second kappa shape index (κ2) is 7.21. The van der Waals surface area contributed by atoms with E-state index >= 15 is 0 Å². The molecule has 0 radical (unpaired) electrons. The van der Waals surface area contributed by atoms with Crippen LogP contribution in [0.15, 0.2) is 48.8 Å². The van der Waals surface area contributed by atoms with E-state index in [1.807, 2.05) is 53.4 Å². The first-order chi connectivity index (χ1) is 11.2. The minimum atomic E-state index is -1.10. The number of hydrogen-bond acceptors (Lipinski definition) is 3. The third kappa shape index (κ3) is 5.15. The van der Waals surface area contributed by atoms with Gasteiger partial charge in [-0.15, -0.1) is 0 Å². The number of hydrogen-bond donors (Lipinski definition) is 2. The van der Waals surface area contributed by atoms with Crippen molar-refractivity contribution < 1.29 is 19.4 Å². The van der Waals surface area contributed by atoms with Gasteiger partial charge in [-0.05, 0) is 50.6 Å². The summed E-state index contributed by atoms with van der Waals surface area (Å²) in [5.41, 5.74) is 1.06. The molecule has 2 N–H and O–H groups in total. The van der Waals surface area contributed by atoms with Crippen LogP contribution in [0.3, 0.4) is 0 Å². The van der Waals surface area contributed by atoms with Crippen LogP contribution in [-0.2, 0) is 16.0 Å². The first-order valence-corrected chi connectivity index (χ1v) is 7.69. The smallest absolute Gasteiger partial charge is 0.408 e. The molecule has 0 fully saturated rings. The number of aliphatic carboxylic acids is 1. The molecule has 1 heterocycles. The standard InChI is InChI=1S/C18H22N2O4/c1-18(2,3)24-17(23)19-15(16(21)22)12-13-7-6-8-14(11-13)20-9-4-5-10-20/h4-11,15H,12H2,1-3H3,(H,19,23)(H,21,22). The zero-order valence-corrected chi connectivity index (χ0v) is 14.0. The molecule has 2 rings (SSSR count). The molecule has 2 aromatic rings. The molecule has 0 aliphatic rings. The van der Waals surface area contributed by atoms with Crippen LogP contribution in [0.5, 0.6) is 0 Å². The Kier molecular flexibility index (Phi) is 5.28. The molecule has 1 aromatic heterocycles. The molecule has 128 valence electrons. The molecule has 0 aliphatic carbocycles. The van der Waals surface area contributed by atoms with Crippen molar-refractivity contribution in [2.75, 3.05) is 0 Å². The van der Waals surface area contributed by atoms with E-state index in [0.717, 1.165) is 11.3 Å². The number of carboxylic acids is 1. The van der Waals surface area contributed by atoms with Gasteiger partial charge in [-0.2, -0.15) is 0 Å². The lowest BCUT2D eigenvalue weighted by Gasteiger charge is -2.22. The Morgan fingerprint density at radius 3 is 2.46 bits per heavy atom. The molecule has 1 atom stereocenters. The van der Waals surface area contributed by atoms with E-state index in [1.165, 1.54) is 0 Å². The fourth-order valence-corrected chi connectivity index (χ4v) is 2.24. The Morgan fingerprint density at radius 2 is 1.88 bits per heavy atom. The highest BCUT2D eigenvalue weighted by Gasteiger charge is 2.24. The minimum Gasteiger partial charge on any atom is -0.480 e. The predicted octanol–water partition coefficient (Wildman–Crippen LogP) is 3.00. The van der Waals surface area contributed by atoms with Gasteiger partial charge < -0.3 is 19.7 Å². The van der Waals surface area contributed by atoms with Crippen LogP contribution in [0.2, 0.25) is 0 Å². The van der Waals surface area contributed by atoms with Gasteiger partial charge in [0.05, 0.1) is 0 Å². The van der Waals surface area contributed by atoms with Gasteiger partial charge in [-0.3, -0.25) is 0 Å². The van der Waals surface area contributed by atoms with Crippen LogP contribution < -0.4 is 5.32 Å². The Balaban J connectivity index is 2.09. The van der Waals surface area contributed by atoms with E-state index in [0.29, 0.717) is 0 Å². The number of carboxylic acid groups (broad SMARTS) is 1. The fraction of sp³-hybridized carbons (Fsp3) is 0.333. The average Bonchev–Trinajstić information content (AvgIpc) is 2.99. The Labute approximate surface area is 141 Å². The van der Waals surface area contributed by atoms with Gasteiger partial charge in [0.15, 0.2) is 0 Å². The Hall–Kier alpha value is -2.76. The molecule has 24 heavy (non-hydrogen) atoms. The fourth-order valence-electron chi connectivity index (χ4n) is 2.24. The van der Waals surface area contributed by atoms with Crippen molar-refractivity contribution in [3.63, 3.8) is 0 Å². The van der Waals surface area contributed by atoms with Crippen molar-refractivity contribution >= 4 is 12.1 Å². The number of aromatic nitrogens is 1. The maximum Gasteiger partial charge on any atom is 0.408 e. The summed E-state index contributed by atoms with van der Waals surface area (Å²) >= 11 is 0. The molecule has 0 saturated carbocycles. The lowest BCUT2D eigenvalue weighted by molar-refractivity contribution is -0.139. The van der Waals surface area contributed by atoms with E-state index in [1.54, 1.807) is 20.8 Å². The van der Waals surface area contributed by atoms with E-state index in [4.69, 9.17) is 4.74 Å². The van der Waals surface area contributed by atoms with Gasteiger partial charge >= 0.3 is 12.1 Å². The minimum absolute atomic E-state index is 0.170. The maximum absolute atomic E-state index is 11.8. The van der Waals surface area contributed by atoms with E-state index in [2.05, 4.69) is 5.32 Å². The normalized spacial score (nSPS) is 12.5. The van der Waals surface area contributed by atoms with Crippen molar-refractivity contribution in [1.29, 1.82) is 0 Å². The van der Waals surface area contributed by atoms with Crippen LogP contribution in [0.25, 0.3) is 5.69 Å². The molecular formula is C18H22N2O4. The molecule has 1 aromatic carbocycles. The zero-order chi connectivity index (χ0) is 17.7. The highest BCUT2D eigenvalue weighted by atomic mass is 16.6. The highest BCUT2D eigenvalue weighted by molar-refractivity contribution is 5.80. The van der Waals surface area contributed by atoms with Gasteiger partial charge in [-0.25, -0.2) is 9.59 Å². The van der Waals surface area contributed by atoms with Gasteiger partial charge in [-0.1, -0.05) is 12.1 Å². The first kappa shape index (κ1) is 17.6. The van der Waals surface area contributed by atoms with Crippen LogP contribution >= 0.6 is 0 Å². The van der Waals surface area contributed by atoms with E-state index < -0.39 is 23.7 Å². The van der Waals surface area contributed by atoms with Gasteiger partial charge in [0.2, 0.25) is 0 Å². The molecular weight excluding hydrogens is 308 g/mol. The molecule has 0 bridgehead atoms. The third-order valence-electron chi connectivity index (χ3n) is 3.24. The lowest BCUT2D eigenvalue weighted by atomic mass is 10.1. The SMILES string of the molecule is CC(C)(C)OC(=O)NC(Cc1cccc(-n2cccc2)c1)C(=O)O. The van der Waals surface area contributed by atoms with Crippen molar-refractivity contribution in [3.8, 4) is 5.69 Å². The van der Waals surface area contributed by atoms with Crippen molar-refractivity contribution in [2.24, 2.45) is 0 Å². The van der Waals surface area contributed by atoms with Crippen LogP contribution in [-0.4, -0.2) is 33.4 Å². The number of amides is 1. The largest absolute Gasteiger partial charge is 0.480 e. The van der Waals surface area contributed by atoms with Crippen molar-refractivity contribution in [1.82, 2.24) is 9.88 Å². The van der Waals surface area contributed by atoms with Gasteiger partial charge in [0.1, 0.15) is 11.6 Å². The van der Waals surface area contributed by atoms with Gasteiger partial charge in [0.25, 0.3) is 0 Å². The number of carbonyl (C=O) groups excluding carboxylic acids is 1. The third-order valence-corrected chi connectivity index (χ3v) is 3.24. The Morgan fingerprint density at radius 1 is 1.21 bits per heavy atom. The second-order valence-electron chi connectivity index (χ2n) is 6.50.